The highest BCUT2D eigenvalue weighted by Crippen LogP contribution is 2.36. The molecule has 0 radical (unpaired) electrons. The van der Waals surface area contributed by atoms with Crippen LogP contribution in [0.1, 0.15) is 25.3 Å². The van der Waals surface area contributed by atoms with Gasteiger partial charge < -0.3 is 4.90 Å². The molecule has 6 heteroatoms. The van der Waals surface area contributed by atoms with Crippen molar-refractivity contribution in [3.05, 3.63) is 65.2 Å². The standard InChI is InChI=1S/C23H24ClN3OS/c1-2-6-20(28)27-13-14-29-21(27)15-19-22(16-7-4-3-5-8-16)25-26-23(19)17-9-11-18(24)12-10-17/h3-5,7-12,21H,2,6,13-15H2,1H3,(H,25,26). The third-order valence-electron chi connectivity index (χ3n) is 5.20. The molecule has 1 aliphatic heterocycles. The number of carbonyl (C=O) groups is 1. The number of halogens is 1. The number of H-pyrrole nitrogens is 1. The van der Waals surface area contributed by atoms with Gasteiger partial charge in [0.2, 0.25) is 5.91 Å². The zero-order chi connectivity index (χ0) is 20.2. The molecule has 1 aromatic heterocycles. The molecule has 1 N–H and O–H groups in total. The summed E-state index contributed by atoms with van der Waals surface area (Å²) >= 11 is 7.94. The molecule has 1 amide bonds. The molecule has 4 rings (SSSR count). The molecule has 0 aliphatic carbocycles. The Hall–Kier alpha value is -2.24. The first-order chi connectivity index (χ1) is 14.2. The highest BCUT2D eigenvalue weighted by molar-refractivity contribution is 8.00. The predicted octanol–water partition coefficient (Wildman–Crippen LogP) is 5.64. The van der Waals surface area contributed by atoms with Gasteiger partial charge in [-0.15, -0.1) is 11.8 Å². The summed E-state index contributed by atoms with van der Waals surface area (Å²) in [5.74, 6) is 1.23. The van der Waals surface area contributed by atoms with Gasteiger partial charge in [0, 0.05) is 41.3 Å². The maximum Gasteiger partial charge on any atom is 0.223 e. The predicted molar refractivity (Wildman–Crippen MR) is 121 cm³/mol. The molecule has 0 spiro atoms. The van der Waals surface area contributed by atoms with E-state index >= 15 is 0 Å². The maximum absolute atomic E-state index is 12.6. The molecular weight excluding hydrogens is 402 g/mol. The molecule has 150 valence electrons. The Morgan fingerprint density at radius 3 is 2.66 bits per heavy atom. The van der Waals surface area contributed by atoms with E-state index < -0.39 is 0 Å². The first-order valence-electron chi connectivity index (χ1n) is 9.97. The van der Waals surface area contributed by atoms with Gasteiger partial charge in [-0.05, 0) is 24.1 Å². The number of carbonyl (C=O) groups excluding carboxylic acids is 1. The quantitative estimate of drug-likeness (QED) is 0.555. The van der Waals surface area contributed by atoms with Crippen molar-refractivity contribution >= 4 is 29.3 Å². The Morgan fingerprint density at radius 1 is 1.17 bits per heavy atom. The van der Waals surface area contributed by atoms with E-state index in [0.29, 0.717) is 11.4 Å². The molecular formula is C23H24ClN3OS. The van der Waals surface area contributed by atoms with Crippen LogP contribution < -0.4 is 0 Å². The van der Waals surface area contributed by atoms with Gasteiger partial charge in [0.1, 0.15) is 0 Å². The average Bonchev–Trinajstić information content (AvgIpc) is 3.37. The first kappa shape index (κ1) is 20.0. The topological polar surface area (TPSA) is 49.0 Å². The fourth-order valence-corrected chi connectivity index (χ4v) is 5.15. The monoisotopic (exact) mass is 425 g/mol. The number of hydrogen-bond donors (Lipinski definition) is 1. The zero-order valence-electron chi connectivity index (χ0n) is 16.4. The third-order valence-corrected chi connectivity index (χ3v) is 6.68. The number of hydrogen-bond acceptors (Lipinski definition) is 3. The Balaban J connectivity index is 1.72. The van der Waals surface area contributed by atoms with E-state index in [1.165, 1.54) is 0 Å². The first-order valence-corrected chi connectivity index (χ1v) is 11.4. The summed E-state index contributed by atoms with van der Waals surface area (Å²) in [7, 11) is 0. The van der Waals surface area contributed by atoms with Gasteiger partial charge in [-0.2, -0.15) is 5.10 Å². The number of thioether (sulfide) groups is 1. The Kier molecular flexibility index (Phi) is 6.26. The molecule has 3 aromatic rings. The van der Waals surface area contributed by atoms with Crippen LogP contribution in [-0.4, -0.2) is 38.7 Å². The van der Waals surface area contributed by atoms with Crippen molar-refractivity contribution in [3.63, 3.8) is 0 Å². The molecule has 4 nitrogen and oxygen atoms in total. The minimum atomic E-state index is 0.139. The van der Waals surface area contributed by atoms with Crippen LogP contribution in [0.5, 0.6) is 0 Å². The molecule has 29 heavy (non-hydrogen) atoms. The van der Waals surface area contributed by atoms with Crippen molar-refractivity contribution < 1.29 is 4.79 Å². The van der Waals surface area contributed by atoms with Crippen molar-refractivity contribution in [3.8, 4) is 22.5 Å². The lowest BCUT2D eigenvalue weighted by Gasteiger charge is -2.24. The summed E-state index contributed by atoms with van der Waals surface area (Å²) in [5, 5.41) is 8.76. The second-order valence-corrected chi connectivity index (χ2v) is 8.89. The summed E-state index contributed by atoms with van der Waals surface area (Å²) in [6, 6.07) is 18.0. The van der Waals surface area contributed by atoms with Gasteiger partial charge in [0.15, 0.2) is 0 Å². The van der Waals surface area contributed by atoms with Gasteiger partial charge >= 0.3 is 0 Å². The minimum Gasteiger partial charge on any atom is -0.330 e. The van der Waals surface area contributed by atoms with Crippen LogP contribution >= 0.6 is 23.4 Å². The van der Waals surface area contributed by atoms with E-state index in [2.05, 4.69) is 29.3 Å². The molecule has 0 saturated carbocycles. The van der Waals surface area contributed by atoms with Crippen molar-refractivity contribution in [1.29, 1.82) is 0 Å². The molecule has 1 unspecified atom stereocenters. The summed E-state index contributed by atoms with van der Waals surface area (Å²) < 4.78 is 0. The lowest BCUT2D eigenvalue weighted by Crippen LogP contribution is -2.35. The maximum atomic E-state index is 12.6. The average molecular weight is 426 g/mol. The minimum absolute atomic E-state index is 0.139. The zero-order valence-corrected chi connectivity index (χ0v) is 18.0. The van der Waals surface area contributed by atoms with E-state index in [-0.39, 0.29) is 11.3 Å². The lowest BCUT2D eigenvalue weighted by molar-refractivity contribution is -0.131. The van der Waals surface area contributed by atoms with E-state index in [1.807, 2.05) is 59.1 Å². The van der Waals surface area contributed by atoms with Crippen molar-refractivity contribution in [1.82, 2.24) is 15.1 Å². The van der Waals surface area contributed by atoms with Crippen molar-refractivity contribution in [2.75, 3.05) is 12.3 Å². The van der Waals surface area contributed by atoms with Gasteiger partial charge in [0.25, 0.3) is 0 Å². The van der Waals surface area contributed by atoms with Crippen LogP contribution in [0.15, 0.2) is 54.6 Å². The fourth-order valence-electron chi connectivity index (χ4n) is 3.76. The summed E-state index contributed by atoms with van der Waals surface area (Å²) in [6.45, 7) is 2.88. The number of benzene rings is 2. The van der Waals surface area contributed by atoms with Gasteiger partial charge in [-0.3, -0.25) is 9.89 Å². The van der Waals surface area contributed by atoms with Crippen molar-refractivity contribution in [2.24, 2.45) is 0 Å². The molecule has 0 bridgehead atoms. The van der Waals surface area contributed by atoms with Gasteiger partial charge in [-0.25, -0.2) is 0 Å². The largest absolute Gasteiger partial charge is 0.330 e. The van der Waals surface area contributed by atoms with Crippen LogP contribution in [0.25, 0.3) is 22.5 Å². The van der Waals surface area contributed by atoms with E-state index in [9.17, 15) is 4.79 Å². The van der Waals surface area contributed by atoms with Crippen LogP contribution in [0.3, 0.4) is 0 Å². The Morgan fingerprint density at radius 2 is 1.93 bits per heavy atom. The Labute approximate surface area is 180 Å². The normalized spacial score (nSPS) is 16.3. The molecule has 1 aliphatic rings. The number of nitrogens with one attached hydrogen (secondary N) is 1. The van der Waals surface area contributed by atoms with E-state index in [0.717, 1.165) is 53.2 Å². The molecule has 1 saturated heterocycles. The fraction of sp³-hybridized carbons (Fsp3) is 0.304. The van der Waals surface area contributed by atoms with Gasteiger partial charge in [0.05, 0.1) is 16.8 Å². The number of nitrogens with zero attached hydrogens (tertiary/aromatic N) is 2. The molecule has 2 aromatic carbocycles. The number of aromatic nitrogens is 2. The lowest BCUT2D eigenvalue weighted by atomic mass is 9.99. The SMILES string of the molecule is CCCC(=O)N1CCSC1Cc1c(-c2ccccc2)n[nH]c1-c1ccc(Cl)cc1. The van der Waals surface area contributed by atoms with Crippen LogP contribution in [0, 0.1) is 0 Å². The Bertz CT molecular complexity index is 972. The number of rotatable bonds is 6. The number of amides is 1. The third kappa shape index (κ3) is 4.36. The second-order valence-electron chi connectivity index (χ2n) is 7.17. The number of aromatic amines is 1. The van der Waals surface area contributed by atoms with Crippen LogP contribution in [0.2, 0.25) is 5.02 Å². The molecule has 1 fully saturated rings. The van der Waals surface area contributed by atoms with Gasteiger partial charge in [-0.1, -0.05) is 61.0 Å². The van der Waals surface area contributed by atoms with Crippen LogP contribution in [-0.2, 0) is 11.2 Å². The summed E-state index contributed by atoms with van der Waals surface area (Å²) in [5.41, 5.74) is 5.22. The second kappa shape index (κ2) is 9.06. The summed E-state index contributed by atoms with van der Waals surface area (Å²) in [6.07, 6.45) is 2.25. The highest BCUT2D eigenvalue weighted by atomic mass is 35.5. The molecule has 1 atom stereocenters. The van der Waals surface area contributed by atoms with Crippen molar-refractivity contribution in [2.45, 2.75) is 31.6 Å². The van der Waals surface area contributed by atoms with E-state index in [4.69, 9.17) is 11.6 Å². The van der Waals surface area contributed by atoms with Crippen LogP contribution in [0.4, 0.5) is 0 Å². The smallest absolute Gasteiger partial charge is 0.223 e. The highest BCUT2D eigenvalue weighted by Gasteiger charge is 2.31. The summed E-state index contributed by atoms with van der Waals surface area (Å²) in [4.78, 5) is 14.6. The van der Waals surface area contributed by atoms with E-state index in [1.54, 1.807) is 0 Å². The molecule has 2 heterocycles.